The van der Waals surface area contributed by atoms with Crippen molar-refractivity contribution in [3.8, 4) is 17.0 Å². The minimum Gasteiger partial charge on any atom is -0.497 e. The van der Waals surface area contributed by atoms with E-state index in [0.717, 1.165) is 28.3 Å². The number of aryl methyl sites for hydroxylation is 1. The van der Waals surface area contributed by atoms with Crippen LogP contribution < -0.4 is 10.1 Å². The Labute approximate surface area is 189 Å². The molecule has 2 aromatic carbocycles. The van der Waals surface area contributed by atoms with E-state index in [2.05, 4.69) is 52.9 Å². The average molecular weight is 447 g/mol. The molecular weight excluding hydrogens is 424 g/mol. The number of hydrogen-bond acceptors (Lipinski definition) is 5. The Bertz CT molecular complexity index is 1190. The third kappa shape index (κ3) is 5.69. The monoisotopic (exact) mass is 446 g/mol. The predicted molar refractivity (Wildman–Crippen MR) is 130 cm³/mol. The van der Waals surface area contributed by atoms with Crippen molar-refractivity contribution >= 4 is 39.8 Å². The van der Waals surface area contributed by atoms with Crippen LogP contribution in [0.5, 0.6) is 5.75 Å². The van der Waals surface area contributed by atoms with Crippen molar-refractivity contribution in [3.05, 3.63) is 93.0 Å². The molecule has 0 aliphatic carbocycles. The highest BCUT2D eigenvalue weighted by Crippen LogP contribution is 2.26. The molecule has 156 valence electrons. The van der Waals surface area contributed by atoms with Gasteiger partial charge in [-0.1, -0.05) is 29.8 Å². The molecule has 2 aromatic heterocycles. The van der Waals surface area contributed by atoms with Crippen LogP contribution in [0.2, 0.25) is 0 Å². The standard InChI is InChI=1S/C25H22N2O2S2/c1-17-3-5-18(6-4-17)13-19-14-22(30-15-19)11-12-24(28)27-25-26-23(16-31-25)20-7-9-21(29-2)10-8-20/h3-12,14-16H,13H2,1-2H3,(H,26,27,28). The number of carbonyl (C=O) groups excluding carboxylic acids is 1. The molecule has 4 rings (SSSR count). The number of rotatable bonds is 7. The van der Waals surface area contributed by atoms with Gasteiger partial charge in [0.1, 0.15) is 5.75 Å². The first-order valence-corrected chi connectivity index (χ1v) is 11.6. The summed E-state index contributed by atoms with van der Waals surface area (Å²) in [5, 5.41) is 7.48. The predicted octanol–water partition coefficient (Wildman–Crippen LogP) is 6.43. The lowest BCUT2D eigenvalue weighted by Crippen LogP contribution is -2.07. The molecule has 0 saturated carbocycles. The molecule has 31 heavy (non-hydrogen) atoms. The van der Waals surface area contributed by atoms with Crippen LogP contribution in [-0.2, 0) is 11.2 Å². The molecule has 0 aliphatic rings. The van der Waals surface area contributed by atoms with Gasteiger partial charge in [-0.25, -0.2) is 4.98 Å². The number of thiazole rings is 1. The molecule has 0 spiro atoms. The van der Waals surface area contributed by atoms with Crippen LogP contribution in [0, 0.1) is 6.92 Å². The summed E-state index contributed by atoms with van der Waals surface area (Å²) >= 11 is 3.04. The molecule has 6 heteroatoms. The maximum absolute atomic E-state index is 12.3. The quantitative estimate of drug-likeness (QED) is 0.333. The van der Waals surface area contributed by atoms with Crippen molar-refractivity contribution in [3.63, 3.8) is 0 Å². The molecule has 0 saturated heterocycles. The fourth-order valence-corrected chi connectivity index (χ4v) is 4.57. The van der Waals surface area contributed by atoms with Crippen molar-refractivity contribution in [1.29, 1.82) is 0 Å². The van der Waals surface area contributed by atoms with Crippen LogP contribution in [0.25, 0.3) is 17.3 Å². The number of amides is 1. The number of thiophene rings is 1. The molecule has 4 nitrogen and oxygen atoms in total. The van der Waals surface area contributed by atoms with Gasteiger partial charge in [-0.3, -0.25) is 10.1 Å². The molecule has 1 amide bonds. The molecule has 0 aliphatic heterocycles. The van der Waals surface area contributed by atoms with Crippen LogP contribution in [0.15, 0.2) is 71.4 Å². The lowest BCUT2D eigenvalue weighted by atomic mass is 10.1. The van der Waals surface area contributed by atoms with E-state index in [1.54, 1.807) is 24.5 Å². The minimum absolute atomic E-state index is 0.191. The molecule has 0 fully saturated rings. The molecule has 0 atom stereocenters. The number of carbonyl (C=O) groups is 1. The van der Waals surface area contributed by atoms with E-state index >= 15 is 0 Å². The van der Waals surface area contributed by atoms with Gasteiger partial charge in [-0.2, -0.15) is 0 Å². The van der Waals surface area contributed by atoms with Gasteiger partial charge in [0, 0.05) is 21.9 Å². The Morgan fingerprint density at radius 1 is 1.03 bits per heavy atom. The van der Waals surface area contributed by atoms with Crippen LogP contribution in [0.3, 0.4) is 0 Å². The Morgan fingerprint density at radius 3 is 2.55 bits per heavy atom. The Kier molecular flexibility index (Phi) is 6.60. The zero-order valence-corrected chi connectivity index (χ0v) is 18.9. The van der Waals surface area contributed by atoms with Crippen molar-refractivity contribution in [1.82, 2.24) is 4.98 Å². The van der Waals surface area contributed by atoms with Gasteiger partial charge in [0.25, 0.3) is 0 Å². The average Bonchev–Trinajstić information content (AvgIpc) is 3.43. The second kappa shape index (κ2) is 9.73. The highest BCUT2D eigenvalue weighted by Gasteiger charge is 2.07. The molecule has 0 bridgehead atoms. The summed E-state index contributed by atoms with van der Waals surface area (Å²) in [5.41, 5.74) is 5.60. The summed E-state index contributed by atoms with van der Waals surface area (Å²) in [5.74, 6) is 0.609. The maximum Gasteiger partial charge on any atom is 0.250 e. The second-order valence-corrected chi connectivity index (χ2v) is 8.91. The highest BCUT2D eigenvalue weighted by atomic mass is 32.1. The number of nitrogens with zero attached hydrogens (tertiary/aromatic N) is 1. The number of hydrogen-bond donors (Lipinski definition) is 1. The molecule has 0 unspecified atom stereocenters. The van der Waals surface area contributed by atoms with Crippen LogP contribution in [0.4, 0.5) is 5.13 Å². The second-order valence-electron chi connectivity index (χ2n) is 7.11. The number of aromatic nitrogens is 1. The van der Waals surface area contributed by atoms with Gasteiger partial charge in [-0.05, 0) is 66.3 Å². The first-order valence-electron chi connectivity index (χ1n) is 9.81. The summed E-state index contributed by atoms with van der Waals surface area (Å²) in [4.78, 5) is 17.9. The fraction of sp³-hybridized carbons (Fsp3) is 0.120. The molecule has 1 N–H and O–H groups in total. The lowest BCUT2D eigenvalue weighted by Gasteiger charge is -2.00. The summed E-state index contributed by atoms with van der Waals surface area (Å²) in [6.07, 6.45) is 4.29. The van der Waals surface area contributed by atoms with Gasteiger partial charge in [0.2, 0.25) is 5.91 Å². The van der Waals surface area contributed by atoms with Crippen molar-refractivity contribution in [2.75, 3.05) is 12.4 Å². The van der Waals surface area contributed by atoms with E-state index in [-0.39, 0.29) is 5.91 Å². The van der Waals surface area contributed by atoms with Crippen LogP contribution >= 0.6 is 22.7 Å². The normalized spacial score (nSPS) is 11.0. The number of nitrogens with one attached hydrogen (secondary N) is 1. The third-order valence-electron chi connectivity index (χ3n) is 4.72. The number of anilines is 1. The first-order chi connectivity index (χ1) is 15.1. The topological polar surface area (TPSA) is 51.2 Å². The van der Waals surface area contributed by atoms with E-state index in [9.17, 15) is 4.79 Å². The molecular formula is C25H22N2O2S2. The molecule has 0 radical (unpaired) electrons. The van der Waals surface area contributed by atoms with Gasteiger partial charge in [0.15, 0.2) is 5.13 Å². The third-order valence-corrected chi connectivity index (χ3v) is 6.43. The van der Waals surface area contributed by atoms with E-state index in [0.29, 0.717) is 5.13 Å². The summed E-state index contributed by atoms with van der Waals surface area (Å²) < 4.78 is 5.18. The molecule has 4 aromatic rings. The van der Waals surface area contributed by atoms with Crippen LogP contribution in [-0.4, -0.2) is 18.0 Å². The van der Waals surface area contributed by atoms with Crippen LogP contribution in [0.1, 0.15) is 21.6 Å². The minimum atomic E-state index is -0.191. The zero-order valence-electron chi connectivity index (χ0n) is 17.3. The van der Waals surface area contributed by atoms with E-state index in [1.165, 1.54) is 28.0 Å². The van der Waals surface area contributed by atoms with Gasteiger partial charge < -0.3 is 4.74 Å². The SMILES string of the molecule is COc1ccc(-c2csc(NC(=O)C=Cc3cc(Cc4ccc(C)cc4)cs3)n2)cc1. The van der Waals surface area contributed by atoms with E-state index in [1.807, 2.05) is 35.7 Å². The Hall–Kier alpha value is -3.22. The summed E-state index contributed by atoms with van der Waals surface area (Å²) in [7, 11) is 1.64. The maximum atomic E-state index is 12.3. The molecule has 2 heterocycles. The first kappa shape index (κ1) is 21.0. The number of benzene rings is 2. The fourth-order valence-electron chi connectivity index (χ4n) is 3.05. The summed E-state index contributed by atoms with van der Waals surface area (Å²) in [6, 6.07) is 18.4. The van der Waals surface area contributed by atoms with Gasteiger partial charge in [0.05, 0.1) is 12.8 Å². The van der Waals surface area contributed by atoms with Gasteiger partial charge >= 0.3 is 0 Å². The van der Waals surface area contributed by atoms with Crippen molar-refractivity contribution in [2.45, 2.75) is 13.3 Å². The highest BCUT2D eigenvalue weighted by molar-refractivity contribution is 7.14. The van der Waals surface area contributed by atoms with Crippen molar-refractivity contribution in [2.24, 2.45) is 0 Å². The largest absolute Gasteiger partial charge is 0.497 e. The number of ether oxygens (including phenoxy) is 1. The smallest absolute Gasteiger partial charge is 0.250 e. The number of methoxy groups -OCH3 is 1. The zero-order chi connectivity index (χ0) is 21.6. The van der Waals surface area contributed by atoms with E-state index < -0.39 is 0 Å². The Morgan fingerprint density at radius 2 is 1.81 bits per heavy atom. The Balaban J connectivity index is 1.34. The van der Waals surface area contributed by atoms with Gasteiger partial charge in [-0.15, -0.1) is 22.7 Å². The van der Waals surface area contributed by atoms with Crippen molar-refractivity contribution < 1.29 is 9.53 Å². The lowest BCUT2D eigenvalue weighted by molar-refractivity contribution is -0.111. The van der Waals surface area contributed by atoms with E-state index in [4.69, 9.17) is 4.74 Å². The summed E-state index contributed by atoms with van der Waals surface area (Å²) in [6.45, 7) is 2.09.